The third kappa shape index (κ3) is 3.95. The van der Waals surface area contributed by atoms with Crippen LogP contribution in [0.3, 0.4) is 0 Å². The van der Waals surface area contributed by atoms with Gasteiger partial charge in [-0.25, -0.2) is 9.97 Å². The summed E-state index contributed by atoms with van der Waals surface area (Å²) in [5.74, 6) is 1.57. The van der Waals surface area contributed by atoms with Crippen molar-refractivity contribution in [2.24, 2.45) is 0 Å². The second-order valence-corrected chi connectivity index (χ2v) is 6.21. The topological polar surface area (TPSA) is 37.8 Å². The molecule has 0 atom stereocenters. The third-order valence-electron chi connectivity index (χ3n) is 3.31. The van der Waals surface area contributed by atoms with Crippen LogP contribution >= 0.6 is 27.5 Å². The molecular formula is C16H19BrClN3. The van der Waals surface area contributed by atoms with Crippen LogP contribution in [-0.2, 0) is 12.8 Å². The van der Waals surface area contributed by atoms with Gasteiger partial charge in [-0.2, -0.15) is 0 Å². The molecule has 0 amide bonds. The zero-order chi connectivity index (χ0) is 15.4. The first-order valence-electron chi connectivity index (χ1n) is 7.13. The molecule has 21 heavy (non-hydrogen) atoms. The van der Waals surface area contributed by atoms with E-state index in [4.69, 9.17) is 11.6 Å². The average molecular weight is 369 g/mol. The minimum atomic E-state index is 0.520. The number of nitrogens with zero attached hydrogens (tertiary/aromatic N) is 2. The van der Waals surface area contributed by atoms with Gasteiger partial charge in [0.05, 0.1) is 0 Å². The van der Waals surface area contributed by atoms with Crippen LogP contribution in [0.2, 0.25) is 5.15 Å². The van der Waals surface area contributed by atoms with Gasteiger partial charge in [-0.15, -0.1) is 0 Å². The van der Waals surface area contributed by atoms with Gasteiger partial charge in [0.25, 0.3) is 0 Å². The minimum Gasteiger partial charge on any atom is -0.340 e. The summed E-state index contributed by atoms with van der Waals surface area (Å²) in [6, 6.07) is 6.19. The lowest BCUT2D eigenvalue weighted by atomic mass is 10.1. The molecule has 0 aliphatic heterocycles. The number of aryl methyl sites for hydroxylation is 2. The fraction of sp³-hybridized carbons (Fsp3) is 0.375. The third-order valence-corrected chi connectivity index (χ3v) is 4.17. The van der Waals surface area contributed by atoms with Crippen molar-refractivity contribution in [3.05, 3.63) is 44.8 Å². The molecular weight excluding hydrogens is 350 g/mol. The molecule has 2 rings (SSSR count). The number of hydrogen-bond acceptors (Lipinski definition) is 3. The Bertz CT molecular complexity index is 644. The number of benzene rings is 1. The molecule has 0 bridgehead atoms. The highest BCUT2D eigenvalue weighted by molar-refractivity contribution is 9.10. The molecule has 0 aliphatic carbocycles. The number of rotatable bonds is 5. The van der Waals surface area contributed by atoms with Gasteiger partial charge in [-0.05, 0) is 43.5 Å². The monoisotopic (exact) mass is 367 g/mol. The highest BCUT2D eigenvalue weighted by Crippen LogP contribution is 2.28. The molecule has 0 saturated heterocycles. The SMILES string of the molecule is CCCc1nc(Cl)c(C)c(Nc2ccc(Br)cc2CC)n1. The van der Waals surface area contributed by atoms with E-state index in [1.807, 2.05) is 13.0 Å². The first-order valence-corrected chi connectivity index (χ1v) is 8.30. The quantitative estimate of drug-likeness (QED) is 0.712. The number of nitrogens with one attached hydrogen (secondary N) is 1. The van der Waals surface area contributed by atoms with Crippen molar-refractivity contribution in [1.29, 1.82) is 0 Å². The van der Waals surface area contributed by atoms with Gasteiger partial charge in [0.2, 0.25) is 0 Å². The van der Waals surface area contributed by atoms with Gasteiger partial charge in [-0.1, -0.05) is 41.4 Å². The van der Waals surface area contributed by atoms with Gasteiger partial charge < -0.3 is 5.32 Å². The minimum absolute atomic E-state index is 0.520. The molecule has 1 aromatic carbocycles. The first kappa shape index (κ1) is 16.2. The van der Waals surface area contributed by atoms with Crippen LogP contribution in [0.15, 0.2) is 22.7 Å². The number of hydrogen-bond donors (Lipinski definition) is 1. The number of halogens is 2. The van der Waals surface area contributed by atoms with Crippen LogP contribution in [0, 0.1) is 6.92 Å². The Labute approximate surface area is 139 Å². The second kappa shape index (κ2) is 7.23. The Balaban J connectivity index is 2.39. The van der Waals surface area contributed by atoms with E-state index in [1.165, 1.54) is 5.56 Å². The summed E-state index contributed by atoms with van der Waals surface area (Å²) in [4.78, 5) is 8.93. The van der Waals surface area contributed by atoms with Crippen LogP contribution in [0.25, 0.3) is 0 Å². The summed E-state index contributed by atoms with van der Waals surface area (Å²) in [5.41, 5.74) is 3.16. The molecule has 0 aliphatic rings. The highest BCUT2D eigenvalue weighted by Gasteiger charge is 2.11. The second-order valence-electron chi connectivity index (χ2n) is 4.93. The molecule has 1 N–H and O–H groups in total. The standard InChI is InChI=1S/C16H19BrClN3/c1-4-6-14-20-15(18)10(3)16(21-14)19-13-8-7-12(17)9-11(13)5-2/h7-9H,4-6H2,1-3H3,(H,19,20,21). The molecule has 1 aromatic heterocycles. The molecule has 0 radical (unpaired) electrons. The van der Waals surface area contributed by atoms with Gasteiger partial charge in [0.1, 0.15) is 16.8 Å². The molecule has 0 fully saturated rings. The first-order chi connectivity index (χ1) is 10.0. The van der Waals surface area contributed by atoms with Crippen LogP contribution in [0.5, 0.6) is 0 Å². The van der Waals surface area contributed by atoms with Crippen molar-refractivity contribution in [2.75, 3.05) is 5.32 Å². The average Bonchev–Trinajstić information content (AvgIpc) is 2.46. The van der Waals surface area contributed by atoms with E-state index in [2.05, 4.69) is 57.2 Å². The lowest BCUT2D eigenvalue weighted by Crippen LogP contribution is -2.05. The van der Waals surface area contributed by atoms with E-state index in [0.29, 0.717) is 5.15 Å². The van der Waals surface area contributed by atoms with Crippen molar-refractivity contribution in [3.8, 4) is 0 Å². The summed E-state index contributed by atoms with van der Waals surface area (Å²) in [5, 5.41) is 3.92. The fourth-order valence-corrected chi connectivity index (χ4v) is 2.69. The van der Waals surface area contributed by atoms with E-state index in [9.17, 15) is 0 Å². The van der Waals surface area contributed by atoms with Crippen LogP contribution in [0.1, 0.15) is 37.2 Å². The molecule has 0 unspecified atom stereocenters. The van der Waals surface area contributed by atoms with Gasteiger partial charge in [0, 0.05) is 22.1 Å². The summed E-state index contributed by atoms with van der Waals surface area (Å²) in [6.07, 6.45) is 2.77. The molecule has 3 nitrogen and oxygen atoms in total. The summed E-state index contributed by atoms with van der Waals surface area (Å²) < 4.78 is 1.08. The molecule has 2 aromatic rings. The maximum atomic E-state index is 6.22. The largest absolute Gasteiger partial charge is 0.340 e. The molecule has 5 heteroatoms. The predicted molar refractivity (Wildman–Crippen MR) is 92.6 cm³/mol. The van der Waals surface area contributed by atoms with Crippen LogP contribution in [0.4, 0.5) is 11.5 Å². The Kier molecular flexibility index (Phi) is 5.59. The number of aromatic nitrogens is 2. The number of anilines is 2. The summed E-state index contributed by atoms with van der Waals surface area (Å²) >= 11 is 9.73. The normalized spacial score (nSPS) is 10.7. The molecule has 112 valence electrons. The van der Waals surface area contributed by atoms with Crippen molar-refractivity contribution in [3.63, 3.8) is 0 Å². The van der Waals surface area contributed by atoms with E-state index in [0.717, 1.165) is 46.6 Å². The fourth-order valence-electron chi connectivity index (χ4n) is 2.09. The lowest BCUT2D eigenvalue weighted by Gasteiger charge is -2.14. The van der Waals surface area contributed by atoms with E-state index < -0.39 is 0 Å². The smallest absolute Gasteiger partial charge is 0.138 e. The van der Waals surface area contributed by atoms with Crippen molar-refractivity contribution >= 4 is 39.0 Å². The Hall–Kier alpha value is -1.13. The van der Waals surface area contributed by atoms with E-state index >= 15 is 0 Å². The van der Waals surface area contributed by atoms with Gasteiger partial charge in [-0.3, -0.25) is 0 Å². The van der Waals surface area contributed by atoms with Crippen LogP contribution < -0.4 is 5.32 Å². The lowest BCUT2D eigenvalue weighted by molar-refractivity contribution is 0.833. The maximum absolute atomic E-state index is 6.22. The maximum Gasteiger partial charge on any atom is 0.138 e. The predicted octanol–water partition coefficient (Wildman–Crippen LogP) is 5.46. The van der Waals surface area contributed by atoms with Crippen LogP contribution in [-0.4, -0.2) is 9.97 Å². The van der Waals surface area contributed by atoms with E-state index in [-0.39, 0.29) is 0 Å². The molecule has 0 saturated carbocycles. The van der Waals surface area contributed by atoms with Gasteiger partial charge in [0.15, 0.2) is 0 Å². The Morgan fingerprint density at radius 1 is 1.24 bits per heavy atom. The zero-order valence-electron chi connectivity index (χ0n) is 12.5. The molecule has 0 spiro atoms. The molecule has 1 heterocycles. The summed E-state index contributed by atoms with van der Waals surface area (Å²) in [6.45, 7) is 6.17. The highest BCUT2D eigenvalue weighted by atomic mass is 79.9. The van der Waals surface area contributed by atoms with E-state index in [1.54, 1.807) is 0 Å². The van der Waals surface area contributed by atoms with Crippen molar-refractivity contribution in [2.45, 2.75) is 40.0 Å². The Morgan fingerprint density at radius 3 is 2.67 bits per heavy atom. The van der Waals surface area contributed by atoms with Gasteiger partial charge >= 0.3 is 0 Å². The van der Waals surface area contributed by atoms with Crippen molar-refractivity contribution in [1.82, 2.24) is 9.97 Å². The Morgan fingerprint density at radius 2 is 2.00 bits per heavy atom. The zero-order valence-corrected chi connectivity index (χ0v) is 14.8. The summed E-state index contributed by atoms with van der Waals surface area (Å²) in [7, 11) is 0. The van der Waals surface area contributed by atoms with Crippen molar-refractivity contribution < 1.29 is 0 Å².